The molecular formula is C24H34N4O3. The third-order valence-electron chi connectivity index (χ3n) is 7.73. The summed E-state index contributed by atoms with van der Waals surface area (Å²) in [5, 5.41) is 0. The summed E-state index contributed by atoms with van der Waals surface area (Å²) in [5.74, 6) is 0.223. The van der Waals surface area contributed by atoms with Crippen molar-refractivity contribution in [1.29, 1.82) is 0 Å². The summed E-state index contributed by atoms with van der Waals surface area (Å²) in [6.45, 7) is 7.07. The lowest BCUT2D eigenvalue weighted by Crippen LogP contribution is -2.53. The van der Waals surface area contributed by atoms with E-state index in [1.807, 2.05) is 47.7 Å². The smallest absolute Gasteiger partial charge is 0.319 e. The molecule has 3 heterocycles. The lowest BCUT2D eigenvalue weighted by molar-refractivity contribution is -0.141. The minimum atomic E-state index is -0.525. The second-order valence-electron chi connectivity index (χ2n) is 10.0. The average Bonchev–Trinajstić information content (AvgIpc) is 3.19. The quantitative estimate of drug-likeness (QED) is 0.693. The Morgan fingerprint density at radius 1 is 0.903 bits per heavy atom. The van der Waals surface area contributed by atoms with Gasteiger partial charge in [0.05, 0.1) is 5.41 Å². The van der Waals surface area contributed by atoms with E-state index in [2.05, 4.69) is 6.07 Å². The van der Waals surface area contributed by atoms with Gasteiger partial charge in [0.25, 0.3) is 5.91 Å². The molecule has 168 valence electrons. The molecule has 7 nitrogen and oxygen atoms in total. The van der Waals surface area contributed by atoms with Gasteiger partial charge in [-0.1, -0.05) is 17.2 Å². The van der Waals surface area contributed by atoms with E-state index in [1.165, 1.54) is 0 Å². The Bertz CT molecular complexity index is 899. The maximum Gasteiger partial charge on any atom is 0.319 e. The van der Waals surface area contributed by atoms with Crippen LogP contribution in [0.1, 0.15) is 40.7 Å². The normalized spacial score (nSPS) is 25.1. The van der Waals surface area contributed by atoms with E-state index in [-0.39, 0.29) is 23.3 Å². The zero-order valence-corrected chi connectivity index (χ0v) is 19.4. The van der Waals surface area contributed by atoms with Crippen molar-refractivity contribution in [3.63, 3.8) is 0 Å². The number of urea groups is 1. The number of nitrogens with zero attached hydrogens (tertiary/aromatic N) is 4. The average molecular weight is 427 g/mol. The van der Waals surface area contributed by atoms with Crippen LogP contribution in [0.5, 0.6) is 0 Å². The van der Waals surface area contributed by atoms with Crippen LogP contribution in [0.4, 0.5) is 4.79 Å². The second kappa shape index (κ2) is 7.53. The maximum atomic E-state index is 13.3. The molecule has 31 heavy (non-hydrogen) atoms. The summed E-state index contributed by atoms with van der Waals surface area (Å²) in [5.41, 5.74) is 2.12. The van der Waals surface area contributed by atoms with Crippen LogP contribution in [-0.4, -0.2) is 91.3 Å². The lowest BCUT2D eigenvalue weighted by atomic mass is 9.60. The molecule has 7 heteroatoms. The summed E-state index contributed by atoms with van der Waals surface area (Å²) in [6.07, 6.45) is 2.28. The molecule has 0 aromatic heterocycles. The molecule has 2 spiro atoms. The van der Waals surface area contributed by atoms with Crippen molar-refractivity contribution < 1.29 is 14.4 Å². The highest BCUT2D eigenvalue weighted by molar-refractivity contribution is 5.95. The fraction of sp³-hybridized carbons (Fsp3) is 0.625. The Morgan fingerprint density at radius 3 is 2.03 bits per heavy atom. The van der Waals surface area contributed by atoms with Crippen LogP contribution in [0.25, 0.3) is 0 Å². The number of benzene rings is 1. The number of hydrogen-bond donors (Lipinski definition) is 0. The summed E-state index contributed by atoms with van der Waals surface area (Å²) < 4.78 is 0. The third-order valence-corrected chi connectivity index (χ3v) is 7.73. The number of piperidine rings is 1. The Hall–Kier alpha value is -2.57. The molecule has 3 saturated heterocycles. The number of fused-ring (bicyclic) bond motifs is 1. The topological polar surface area (TPSA) is 64.2 Å². The van der Waals surface area contributed by atoms with Gasteiger partial charge in [-0.25, -0.2) is 4.79 Å². The van der Waals surface area contributed by atoms with E-state index < -0.39 is 5.41 Å². The molecule has 3 fully saturated rings. The van der Waals surface area contributed by atoms with Crippen LogP contribution >= 0.6 is 0 Å². The van der Waals surface area contributed by atoms with E-state index in [0.29, 0.717) is 26.2 Å². The van der Waals surface area contributed by atoms with Crippen LogP contribution in [0.2, 0.25) is 0 Å². The number of amides is 4. The van der Waals surface area contributed by atoms with Crippen LogP contribution in [0.15, 0.2) is 18.2 Å². The predicted molar refractivity (Wildman–Crippen MR) is 119 cm³/mol. The molecule has 0 radical (unpaired) electrons. The van der Waals surface area contributed by atoms with E-state index in [9.17, 15) is 14.4 Å². The number of rotatable bonds is 1. The summed E-state index contributed by atoms with van der Waals surface area (Å²) >= 11 is 0. The van der Waals surface area contributed by atoms with Crippen molar-refractivity contribution in [2.45, 2.75) is 33.1 Å². The molecule has 1 aromatic rings. The molecule has 1 aromatic carbocycles. The number of carbonyl (C=O) groups excluding carboxylic acids is 3. The first kappa shape index (κ1) is 21.7. The summed E-state index contributed by atoms with van der Waals surface area (Å²) in [4.78, 5) is 46.5. The van der Waals surface area contributed by atoms with Crippen molar-refractivity contribution in [1.82, 2.24) is 19.6 Å². The molecule has 0 aliphatic carbocycles. The highest BCUT2D eigenvalue weighted by Crippen LogP contribution is 2.57. The van der Waals surface area contributed by atoms with E-state index in [4.69, 9.17) is 0 Å². The van der Waals surface area contributed by atoms with Gasteiger partial charge in [-0.2, -0.15) is 0 Å². The Balaban J connectivity index is 1.58. The molecule has 0 unspecified atom stereocenters. The van der Waals surface area contributed by atoms with Gasteiger partial charge in [0.1, 0.15) is 0 Å². The molecule has 0 saturated carbocycles. The molecular weight excluding hydrogens is 392 g/mol. The lowest BCUT2D eigenvalue weighted by Gasteiger charge is -2.46. The fourth-order valence-electron chi connectivity index (χ4n) is 6.11. The van der Waals surface area contributed by atoms with Crippen molar-refractivity contribution in [2.24, 2.45) is 10.8 Å². The SMILES string of the molecule is Cc1cc(C)cc(C(=O)N2CCC3(CC2)CN(C(=O)N(C)C)C[C@]32CCN(C)C2=O)c1. The maximum absolute atomic E-state index is 13.3. The Kier molecular flexibility index (Phi) is 5.26. The van der Waals surface area contributed by atoms with Crippen LogP contribution in [0.3, 0.4) is 0 Å². The molecule has 1 atom stereocenters. The van der Waals surface area contributed by atoms with Gasteiger partial charge in [0.2, 0.25) is 5.91 Å². The van der Waals surface area contributed by atoms with Crippen LogP contribution in [0, 0.1) is 24.7 Å². The standard InChI is InChI=1S/C24H34N4O3/c1-17-12-18(2)14-19(13-17)20(29)27-10-6-23(7-11-27)15-28(22(31)25(3)4)16-24(23)8-9-26(5)21(24)30/h12-14H,6-11,15-16H2,1-5H3/t24-/m0/s1. The number of likely N-dealkylation sites (tertiary alicyclic amines) is 3. The van der Waals surface area contributed by atoms with E-state index >= 15 is 0 Å². The van der Waals surface area contributed by atoms with E-state index in [0.717, 1.165) is 42.5 Å². The highest BCUT2D eigenvalue weighted by atomic mass is 16.2. The summed E-state index contributed by atoms with van der Waals surface area (Å²) in [6, 6.07) is 5.93. The second-order valence-corrected chi connectivity index (χ2v) is 10.0. The molecule has 3 aliphatic heterocycles. The third kappa shape index (κ3) is 3.38. The largest absolute Gasteiger partial charge is 0.345 e. The molecule has 4 amide bonds. The van der Waals surface area contributed by atoms with Gasteiger partial charge < -0.3 is 19.6 Å². The molecule has 0 bridgehead atoms. The first-order valence-corrected chi connectivity index (χ1v) is 11.2. The number of carbonyl (C=O) groups is 3. The monoisotopic (exact) mass is 426 g/mol. The first-order chi connectivity index (χ1) is 14.6. The number of aryl methyl sites for hydroxylation is 2. The van der Waals surface area contributed by atoms with Crippen molar-refractivity contribution in [3.05, 3.63) is 34.9 Å². The van der Waals surface area contributed by atoms with Gasteiger partial charge in [-0.05, 0) is 45.2 Å². The van der Waals surface area contributed by atoms with Crippen molar-refractivity contribution >= 4 is 17.8 Å². The summed E-state index contributed by atoms with van der Waals surface area (Å²) in [7, 11) is 5.38. The minimum absolute atomic E-state index is 0.0349. The van der Waals surface area contributed by atoms with Gasteiger partial charge in [-0.3, -0.25) is 9.59 Å². The zero-order chi connectivity index (χ0) is 22.6. The minimum Gasteiger partial charge on any atom is -0.345 e. The van der Waals surface area contributed by atoms with Gasteiger partial charge in [-0.15, -0.1) is 0 Å². The van der Waals surface area contributed by atoms with Crippen molar-refractivity contribution in [2.75, 3.05) is 53.9 Å². The van der Waals surface area contributed by atoms with Crippen LogP contribution in [-0.2, 0) is 4.79 Å². The first-order valence-electron chi connectivity index (χ1n) is 11.2. The Labute approximate surface area is 185 Å². The molecule has 0 N–H and O–H groups in total. The van der Waals surface area contributed by atoms with Crippen LogP contribution < -0.4 is 0 Å². The Morgan fingerprint density at radius 2 is 1.52 bits per heavy atom. The molecule has 3 aliphatic rings. The fourth-order valence-corrected chi connectivity index (χ4v) is 6.11. The zero-order valence-electron chi connectivity index (χ0n) is 19.4. The predicted octanol–water partition coefficient (Wildman–Crippen LogP) is 2.37. The van der Waals surface area contributed by atoms with E-state index in [1.54, 1.807) is 19.0 Å². The highest BCUT2D eigenvalue weighted by Gasteiger charge is 2.65. The van der Waals surface area contributed by atoms with Gasteiger partial charge in [0.15, 0.2) is 0 Å². The molecule has 4 rings (SSSR count). The number of hydrogen-bond acceptors (Lipinski definition) is 3. The van der Waals surface area contributed by atoms with Gasteiger partial charge in [0, 0.05) is 64.8 Å². The van der Waals surface area contributed by atoms with Crippen molar-refractivity contribution in [3.8, 4) is 0 Å². The van der Waals surface area contributed by atoms with Gasteiger partial charge >= 0.3 is 6.03 Å².